The third-order valence-corrected chi connectivity index (χ3v) is 2.03. The maximum Gasteiger partial charge on any atom is 0.467 e. The minimum atomic E-state index is -2.01. The molecule has 2 rings (SSSR count). The van der Waals surface area contributed by atoms with Crippen LogP contribution in [0.15, 0.2) is 15.5 Å². The van der Waals surface area contributed by atoms with E-state index in [1.807, 2.05) is 0 Å². The zero-order valence-corrected chi connectivity index (χ0v) is 8.99. The Morgan fingerprint density at radius 3 is 2.53 bits per heavy atom. The molecular weight excluding hydrogens is 266 g/mol. The van der Waals surface area contributed by atoms with E-state index in [1.54, 1.807) is 0 Å². The van der Waals surface area contributed by atoms with Crippen molar-refractivity contribution in [3.05, 3.63) is 26.4 Å². The lowest BCUT2D eigenvalue weighted by Gasteiger charge is -2.02. The molecule has 0 saturated heterocycles. The molecule has 1 N–H and O–H groups in total. The molecule has 0 aliphatic carbocycles. The predicted octanol–water partition coefficient (Wildman–Crippen LogP) is -0.589. The van der Waals surface area contributed by atoms with E-state index in [1.165, 1.54) is 6.20 Å². The second-order valence-corrected chi connectivity index (χ2v) is 3.19. The van der Waals surface area contributed by atoms with Crippen LogP contribution in [0.1, 0.15) is 0 Å². The van der Waals surface area contributed by atoms with Gasteiger partial charge in [0.05, 0.1) is 9.85 Å². The van der Waals surface area contributed by atoms with Crippen LogP contribution in [0.2, 0.25) is 0 Å². The van der Waals surface area contributed by atoms with Crippen molar-refractivity contribution in [3.8, 4) is 11.4 Å². The summed E-state index contributed by atoms with van der Waals surface area (Å²) >= 11 is 0. The minimum Gasteiger partial charge on any atom is -0.352 e. The van der Waals surface area contributed by atoms with E-state index in [0.717, 1.165) is 0 Å². The quantitative estimate of drug-likeness (QED) is 0.403. The van der Waals surface area contributed by atoms with Gasteiger partial charge in [0.25, 0.3) is 0 Å². The van der Waals surface area contributed by atoms with Crippen molar-refractivity contribution in [1.82, 2.24) is 20.6 Å². The summed E-state index contributed by atoms with van der Waals surface area (Å²) < 4.78 is 8.75. The second-order valence-electron chi connectivity index (χ2n) is 3.19. The van der Waals surface area contributed by atoms with Gasteiger partial charge in [-0.25, -0.2) is 9.26 Å². The molecule has 0 aliphatic heterocycles. The molecule has 13 heteroatoms. The Bertz CT molecular complexity index is 565. The van der Waals surface area contributed by atoms with Gasteiger partial charge in [-0.05, 0) is 15.5 Å². The second kappa shape index (κ2) is 5.03. The van der Waals surface area contributed by atoms with E-state index >= 15 is 0 Å². The van der Waals surface area contributed by atoms with Crippen molar-refractivity contribution in [2.24, 2.45) is 0 Å². The van der Waals surface area contributed by atoms with Crippen LogP contribution in [0.25, 0.3) is 11.4 Å². The number of nitrogens with zero attached hydrogens (tertiary/aromatic N) is 6. The summed E-state index contributed by atoms with van der Waals surface area (Å²) in [7, 11) is 0. The summed E-state index contributed by atoms with van der Waals surface area (Å²) in [4.78, 5) is 18.8. The maximum atomic E-state index is 10.4. The Labute approximate surface area is 102 Å². The highest BCUT2D eigenvalue weighted by molar-refractivity contribution is 5.66. The zero-order valence-electron chi connectivity index (χ0n) is 8.99. The van der Waals surface area contributed by atoms with Gasteiger partial charge in [-0.1, -0.05) is 5.16 Å². The Kier molecular flexibility index (Phi) is 3.26. The van der Waals surface area contributed by atoms with Crippen molar-refractivity contribution >= 4 is 5.82 Å². The number of anilines is 1. The molecule has 0 amide bonds. The molecule has 19 heavy (non-hydrogen) atoms. The van der Waals surface area contributed by atoms with Crippen LogP contribution in [0.5, 0.6) is 0 Å². The normalized spacial score (nSPS) is 10.6. The first-order valence-corrected chi connectivity index (χ1v) is 4.71. The number of hydrogen-bond donors (Lipinski definition) is 1. The number of nitro groups is 2. The summed E-state index contributed by atoms with van der Waals surface area (Å²) in [5, 5.41) is 36.9. The molecule has 100 valence electrons. The lowest BCUT2D eigenvalue weighted by atomic mass is 10.3. The first-order valence-electron chi connectivity index (χ1n) is 4.71. The van der Waals surface area contributed by atoms with Crippen molar-refractivity contribution in [2.45, 2.75) is 6.17 Å². The van der Waals surface area contributed by atoms with Crippen molar-refractivity contribution < 1.29 is 19.1 Å². The van der Waals surface area contributed by atoms with E-state index in [0.29, 0.717) is 0 Å². The predicted molar refractivity (Wildman–Crippen MR) is 53.9 cm³/mol. The Hall–Kier alpha value is -3.12. The third kappa shape index (κ3) is 2.59. The average Bonchev–Trinajstić information content (AvgIpc) is 2.97. The monoisotopic (exact) mass is 271 g/mol. The van der Waals surface area contributed by atoms with E-state index in [4.69, 9.17) is 0 Å². The summed E-state index contributed by atoms with van der Waals surface area (Å²) in [6, 6.07) is 0. The molecule has 13 nitrogen and oxygen atoms in total. The fraction of sp³-hybridized carbons (Fsp3) is 0.333. The van der Waals surface area contributed by atoms with Gasteiger partial charge in [-0.15, -0.1) is 0 Å². The highest BCUT2D eigenvalue weighted by Crippen LogP contribution is 2.21. The molecule has 2 aromatic heterocycles. The number of rotatable bonds is 6. The average molecular weight is 271 g/mol. The van der Waals surface area contributed by atoms with Crippen LogP contribution >= 0.6 is 0 Å². The van der Waals surface area contributed by atoms with Crippen LogP contribution in [0.4, 0.5) is 5.82 Å². The van der Waals surface area contributed by atoms with Crippen LogP contribution in [0.3, 0.4) is 0 Å². The first-order chi connectivity index (χ1) is 9.09. The molecule has 0 unspecified atom stereocenters. The molecule has 0 fully saturated rings. The molecular formula is C6H5N7O6. The van der Waals surface area contributed by atoms with E-state index in [9.17, 15) is 20.2 Å². The highest BCUT2D eigenvalue weighted by Gasteiger charge is 2.32. The van der Waals surface area contributed by atoms with Gasteiger partial charge in [-0.2, -0.15) is 0 Å². The smallest absolute Gasteiger partial charge is 0.352 e. The molecule has 0 atom stereocenters. The van der Waals surface area contributed by atoms with Crippen LogP contribution in [0, 0.1) is 20.2 Å². The lowest BCUT2D eigenvalue weighted by Crippen LogP contribution is -2.35. The summed E-state index contributed by atoms with van der Waals surface area (Å²) in [6.45, 7) is -0.591. The highest BCUT2D eigenvalue weighted by atomic mass is 16.7. The Morgan fingerprint density at radius 1 is 1.21 bits per heavy atom. The van der Waals surface area contributed by atoms with Crippen molar-refractivity contribution in [3.63, 3.8) is 0 Å². The fourth-order valence-corrected chi connectivity index (χ4v) is 1.16. The molecule has 0 spiro atoms. The third-order valence-electron chi connectivity index (χ3n) is 2.03. The Balaban J connectivity index is 2.10. The Morgan fingerprint density at radius 2 is 1.95 bits per heavy atom. The van der Waals surface area contributed by atoms with Gasteiger partial charge < -0.3 is 5.32 Å². The lowest BCUT2D eigenvalue weighted by molar-refractivity contribution is -0.737. The fourth-order valence-electron chi connectivity index (χ4n) is 1.16. The van der Waals surface area contributed by atoms with Gasteiger partial charge in [-0.3, -0.25) is 20.2 Å². The topological polar surface area (TPSA) is 176 Å². The molecule has 2 aromatic rings. The largest absolute Gasteiger partial charge is 0.467 e. The molecule has 0 bridgehead atoms. The van der Waals surface area contributed by atoms with E-state index < -0.39 is 22.6 Å². The SMILES string of the molecule is O=[N+]([O-])C(CNc1nonc1-c1cnon1)[N+](=O)[O-]. The standard InChI is InChI=1S/C6H5N7O6/c14-12(15)4(13(16)17)2-7-6-5(10-19-11-6)3-1-8-18-9-3/h1,4H,2H2,(H,7,11). The van der Waals surface area contributed by atoms with Crippen molar-refractivity contribution in [2.75, 3.05) is 11.9 Å². The van der Waals surface area contributed by atoms with Gasteiger partial charge in [0.1, 0.15) is 6.20 Å². The van der Waals surface area contributed by atoms with Gasteiger partial charge in [0.15, 0.2) is 17.9 Å². The number of nitrogens with one attached hydrogen (secondary N) is 1. The summed E-state index contributed by atoms with van der Waals surface area (Å²) in [5.74, 6) is -0.0376. The zero-order chi connectivity index (χ0) is 13.8. The molecule has 0 radical (unpaired) electrons. The molecule has 0 aliphatic rings. The summed E-state index contributed by atoms with van der Waals surface area (Å²) in [6.07, 6.45) is -0.802. The van der Waals surface area contributed by atoms with Gasteiger partial charge in [0, 0.05) is 0 Å². The number of aromatic nitrogens is 4. The van der Waals surface area contributed by atoms with Gasteiger partial charge >= 0.3 is 6.17 Å². The summed E-state index contributed by atoms with van der Waals surface area (Å²) in [5.41, 5.74) is 0.245. The van der Waals surface area contributed by atoms with E-state index in [2.05, 4.69) is 35.2 Å². The first kappa shape index (κ1) is 12.3. The molecule has 0 aromatic carbocycles. The van der Waals surface area contributed by atoms with Crippen LogP contribution in [-0.4, -0.2) is 43.2 Å². The van der Waals surface area contributed by atoms with Crippen LogP contribution in [-0.2, 0) is 0 Å². The molecule has 0 saturated carbocycles. The van der Waals surface area contributed by atoms with Crippen molar-refractivity contribution in [1.29, 1.82) is 0 Å². The van der Waals surface area contributed by atoms with Crippen LogP contribution < -0.4 is 5.32 Å². The van der Waals surface area contributed by atoms with E-state index in [-0.39, 0.29) is 17.2 Å². The molecule has 2 heterocycles. The minimum absolute atomic E-state index is 0.0376. The van der Waals surface area contributed by atoms with Gasteiger partial charge in [0.2, 0.25) is 5.82 Å². The maximum absolute atomic E-state index is 10.4. The number of hydrogen-bond acceptors (Lipinski definition) is 11.